The van der Waals surface area contributed by atoms with Crippen LogP contribution < -0.4 is 47.9 Å². The van der Waals surface area contributed by atoms with E-state index in [1.807, 2.05) is 0 Å². The predicted octanol–water partition coefficient (Wildman–Crippen LogP) is -10.2. The summed E-state index contributed by atoms with van der Waals surface area (Å²) < 4.78 is 0. The Hall–Kier alpha value is -0.235. The second-order valence-electron chi connectivity index (χ2n) is 1.75. The zero-order chi connectivity index (χ0) is 9.02. The van der Waals surface area contributed by atoms with Gasteiger partial charge in [-0.25, -0.2) is 0 Å². The van der Waals surface area contributed by atoms with Gasteiger partial charge < -0.3 is 24.9 Å². The largest absolute Gasteiger partial charge is 1.00 e. The predicted molar refractivity (Wildman–Crippen MR) is 25.6 cm³/mol. The molecule has 0 spiro atoms. The molecule has 0 aliphatic rings. The van der Waals surface area contributed by atoms with Crippen LogP contribution in [0.4, 0.5) is 0 Å². The molecule has 0 aliphatic carbocycles. The van der Waals surface area contributed by atoms with Crippen molar-refractivity contribution >= 4 is 17.7 Å². The Morgan fingerprint density at radius 2 is 1.54 bits per heavy atom. The third kappa shape index (κ3) is 8.10. The fourth-order valence-corrected chi connectivity index (χ4v) is 0.342. The maximum Gasteiger partial charge on any atom is 1.00 e. The SMILES string of the molecule is O=C([O-])C(=O)CC(O)C(=O)[O-].[Li+].[Li+]. The number of carboxylic acid groups (broad SMARTS) is 2. The molecule has 0 amide bonds. The quantitative estimate of drug-likeness (QED) is 0.334. The summed E-state index contributed by atoms with van der Waals surface area (Å²) in [5.74, 6) is -5.38. The van der Waals surface area contributed by atoms with Gasteiger partial charge in [-0.05, 0) is 0 Å². The van der Waals surface area contributed by atoms with Crippen LogP contribution in [0.1, 0.15) is 6.42 Å². The van der Waals surface area contributed by atoms with E-state index in [1.165, 1.54) is 0 Å². The minimum absolute atomic E-state index is 0. The van der Waals surface area contributed by atoms with E-state index in [2.05, 4.69) is 0 Å². The molecule has 0 radical (unpaired) electrons. The molecule has 0 saturated carbocycles. The summed E-state index contributed by atoms with van der Waals surface area (Å²) >= 11 is 0. The molecular formula is C5H4Li2O6. The number of carboxylic acids is 2. The number of carbonyl (C=O) groups is 3. The summed E-state index contributed by atoms with van der Waals surface area (Å²) in [4.78, 5) is 29.5. The molecule has 8 heteroatoms. The van der Waals surface area contributed by atoms with Gasteiger partial charge in [-0.15, -0.1) is 0 Å². The fraction of sp³-hybridized carbons (Fsp3) is 0.400. The van der Waals surface area contributed by atoms with Crippen LogP contribution in [-0.4, -0.2) is 28.9 Å². The van der Waals surface area contributed by atoms with Gasteiger partial charge in [0.15, 0.2) is 5.78 Å². The molecule has 0 fully saturated rings. The van der Waals surface area contributed by atoms with Gasteiger partial charge in [0.1, 0.15) is 12.1 Å². The molecule has 62 valence electrons. The Kier molecular flexibility index (Phi) is 11.9. The Balaban J connectivity index is -0.000000500. The third-order valence-corrected chi connectivity index (χ3v) is 0.878. The smallest absolute Gasteiger partial charge is 0.547 e. The molecular weight excluding hydrogens is 170 g/mol. The zero-order valence-electron chi connectivity index (χ0n) is 7.27. The van der Waals surface area contributed by atoms with Crippen LogP contribution >= 0.6 is 0 Å². The van der Waals surface area contributed by atoms with Crippen LogP contribution in [-0.2, 0) is 14.4 Å². The normalized spacial score (nSPS) is 10.2. The number of aliphatic hydroxyl groups is 1. The molecule has 0 bridgehead atoms. The van der Waals surface area contributed by atoms with Crippen LogP contribution in [0.15, 0.2) is 0 Å². The Morgan fingerprint density at radius 1 is 1.15 bits per heavy atom. The van der Waals surface area contributed by atoms with Gasteiger partial charge in [0.2, 0.25) is 0 Å². The molecule has 1 N–H and O–H groups in total. The molecule has 0 heterocycles. The number of carbonyl (C=O) groups excluding carboxylic acids is 3. The first kappa shape index (κ1) is 18.5. The van der Waals surface area contributed by atoms with Gasteiger partial charge in [-0.3, -0.25) is 4.79 Å². The van der Waals surface area contributed by atoms with Gasteiger partial charge in [0.25, 0.3) is 0 Å². The van der Waals surface area contributed by atoms with E-state index in [0.717, 1.165) is 0 Å². The Labute approximate surface area is 97.7 Å². The first-order valence-corrected chi connectivity index (χ1v) is 2.58. The molecule has 0 aromatic rings. The van der Waals surface area contributed by atoms with Crippen molar-refractivity contribution in [3.05, 3.63) is 0 Å². The van der Waals surface area contributed by atoms with Gasteiger partial charge >= 0.3 is 37.7 Å². The molecule has 0 rings (SSSR count). The minimum Gasteiger partial charge on any atom is -0.547 e. The van der Waals surface area contributed by atoms with Crippen molar-refractivity contribution < 1.29 is 67.4 Å². The minimum atomic E-state index is -2.08. The van der Waals surface area contributed by atoms with Gasteiger partial charge in [-0.2, -0.15) is 0 Å². The standard InChI is InChI=1S/C5H6O6.2Li/c6-2(4(8)9)1-3(7)5(10)11;;/h2,6H,1H2,(H,8,9)(H,10,11);;/q;2*+1/p-2. The number of aliphatic carboxylic acids is 2. The molecule has 0 aliphatic heterocycles. The van der Waals surface area contributed by atoms with E-state index >= 15 is 0 Å². The topological polar surface area (TPSA) is 118 Å². The van der Waals surface area contributed by atoms with E-state index in [9.17, 15) is 24.6 Å². The van der Waals surface area contributed by atoms with E-state index in [-0.39, 0.29) is 37.7 Å². The summed E-state index contributed by atoms with van der Waals surface area (Å²) in [7, 11) is 0. The third-order valence-electron chi connectivity index (χ3n) is 0.878. The average molecular weight is 174 g/mol. The zero-order valence-corrected chi connectivity index (χ0v) is 7.27. The van der Waals surface area contributed by atoms with Gasteiger partial charge in [0.05, 0.1) is 5.97 Å². The summed E-state index contributed by atoms with van der Waals surface area (Å²) in [6.07, 6.45) is -3.11. The molecule has 1 unspecified atom stereocenters. The van der Waals surface area contributed by atoms with Crippen LogP contribution in [0, 0.1) is 0 Å². The maximum absolute atomic E-state index is 10.1. The number of hydrogen-bond acceptors (Lipinski definition) is 6. The maximum atomic E-state index is 10.1. The molecule has 0 aromatic heterocycles. The Bertz CT molecular complexity index is 203. The van der Waals surface area contributed by atoms with E-state index in [1.54, 1.807) is 0 Å². The second kappa shape index (κ2) is 8.37. The van der Waals surface area contributed by atoms with Gasteiger partial charge in [0, 0.05) is 6.42 Å². The molecule has 1 atom stereocenters. The van der Waals surface area contributed by atoms with Crippen molar-refractivity contribution in [2.75, 3.05) is 0 Å². The van der Waals surface area contributed by atoms with Crippen molar-refractivity contribution in [2.24, 2.45) is 0 Å². The van der Waals surface area contributed by atoms with Crippen LogP contribution in [0.2, 0.25) is 0 Å². The average Bonchev–Trinajstić information content (AvgIpc) is 1.87. The summed E-state index contributed by atoms with van der Waals surface area (Å²) in [5.41, 5.74) is 0. The van der Waals surface area contributed by atoms with E-state index in [4.69, 9.17) is 5.11 Å². The van der Waals surface area contributed by atoms with Crippen molar-refractivity contribution in [3.63, 3.8) is 0 Å². The second-order valence-corrected chi connectivity index (χ2v) is 1.75. The van der Waals surface area contributed by atoms with E-state index in [0.29, 0.717) is 0 Å². The van der Waals surface area contributed by atoms with Gasteiger partial charge in [-0.1, -0.05) is 0 Å². The van der Waals surface area contributed by atoms with Crippen molar-refractivity contribution in [1.29, 1.82) is 0 Å². The van der Waals surface area contributed by atoms with Crippen molar-refractivity contribution in [2.45, 2.75) is 12.5 Å². The van der Waals surface area contributed by atoms with Crippen LogP contribution in [0.3, 0.4) is 0 Å². The van der Waals surface area contributed by atoms with E-state index < -0.39 is 30.2 Å². The molecule has 0 saturated heterocycles. The van der Waals surface area contributed by atoms with Crippen molar-refractivity contribution in [3.8, 4) is 0 Å². The number of rotatable bonds is 4. The summed E-state index contributed by atoms with van der Waals surface area (Å²) in [5, 5.41) is 27.8. The number of ketones is 1. The Morgan fingerprint density at radius 3 is 1.77 bits per heavy atom. The summed E-state index contributed by atoms with van der Waals surface area (Å²) in [6.45, 7) is 0. The summed E-state index contributed by atoms with van der Waals surface area (Å²) in [6, 6.07) is 0. The molecule has 6 nitrogen and oxygen atoms in total. The molecule has 0 aromatic carbocycles. The number of Topliss-reactive ketones (excluding diaryl/α,β-unsaturated/α-hetero) is 1. The van der Waals surface area contributed by atoms with Crippen LogP contribution in [0.25, 0.3) is 0 Å². The van der Waals surface area contributed by atoms with Crippen molar-refractivity contribution in [1.82, 2.24) is 0 Å². The first-order valence-electron chi connectivity index (χ1n) is 2.58. The van der Waals surface area contributed by atoms with Crippen LogP contribution in [0.5, 0.6) is 0 Å². The monoisotopic (exact) mass is 174 g/mol. The first-order chi connectivity index (χ1) is 4.95. The number of hydrogen-bond donors (Lipinski definition) is 1. The number of aliphatic hydroxyl groups excluding tert-OH is 1. The fourth-order valence-electron chi connectivity index (χ4n) is 0.342. The molecule has 13 heavy (non-hydrogen) atoms.